The molecule has 0 aromatic heterocycles. The summed E-state index contributed by atoms with van der Waals surface area (Å²) in [4.78, 5) is 0. The molecule has 0 heterocycles. The molecule has 0 aliphatic heterocycles. The van der Waals surface area contributed by atoms with E-state index in [1.807, 2.05) is 0 Å². The first-order valence-corrected chi connectivity index (χ1v) is 6.78. The van der Waals surface area contributed by atoms with Crippen molar-refractivity contribution >= 4 is 17.3 Å². The second-order valence-corrected chi connectivity index (χ2v) is 5.30. The zero-order valence-corrected chi connectivity index (χ0v) is 10.9. The highest BCUT2D eigenvalue weighted by atomic mass is 35.5. The van der Waals surface area contributed by atoms with Gasteiger partial charge in [0.15, 0.2) is 0 Å². The molecule has 1 aromatic carbocycles. The van der Waals surface area contributed by atoms with Gasteiger partial charge in [-0.2, -0.15) is 0 Å². The van der Waals surface area contributed by atoms with Crippen molar-refractivity contribution in [2.24, 2.45) is 5.92 Å². The molecule has 1 N–H and O–H groups in total. The Hall–Kier alpha value is -0.760. The van der Waals surface area contributed by atoms with Crippen LogP contribution in [0.3, 0.4) is 0 Å². The van der Waals surface area contributed by atoms with Crippen molar-refractivity contribution < 1.29 is 4.39 Å². The van der Waals surface area contributed by atoms with Crippen LogP contribution in [-0.4, -0.2) is 6.04 Å². The summed E-state index contributed by atoms with van der Waals surface area (Å²) in [6, 6.07) is 4.92. The predicted molar refractivity (Wildman–Crippen MR) is 71.1 cm³/mol. The van der Waals surface area contributed by atoms with E-state index < -0.39 is 0 Å². The minimum Gasteiger partial charge on any atom is -0.381 e. The third kappa shape index (κ3) is 3.35. The fourth-order valence-electron chi connectivity index (χ4n) is 2.54. The van der Waals surface area contributed by atoms with E-state index in [4.69, 9.17) is 11.6 Å². The van der Waals surface area contributed by atoms with Crippen molar-refractivity contribution in [1.29, 1.82) is 0 Å². The van der Waals surface area contributed by atoms with Gasteiger partial charge in [0.05, 0.1) is 10.7 Å². The molecule has 0 unspecified atom stereocenters. The van der Waals surface area contributed by atoms with Crippen LogP contribution in [0.1, 0.15) is 39.0 Å². The first-order valence-electron chi connectivity index (χ1n) is 6.40. The molecular weight excluding hydrogens is 237 g/mol. The summed E-state index contributed by atoms with van der Waals surface area (Å²) in [5.41, 5.74) is 0.728. The Morgan fingerprint density at radius 1 is 1.29 bits per heavy atom. The molecule has 17 heavy (non-hydrogen) atoms. The molecule has 1 aromatic rings. The summed E-state index contributed by atoms with van der Waals surface area (Å²) < 4.78 is 13.1. The van der Waals surface area contributed by atoms with Crippen molar-refractivity contribution in [3.8, 4) is 0 Å². The van der Waals surface area contributed by atoms with E-state index >= 15 is 0 Å². The first kappa shape index (κ1) is 12.7. The van der Waals surface area contributed by atoms with Gasteiger partial charge in [0, 0.05) is 6.04 Å². The Bertz CT molecular complexity index is 372. The minimum atomic E-state index is -0.237. The summed E-state index contributed by atoms with van der Waals surface area (Å²) in [5.74, 6) is 0.634. The molecule has 0 bridgehead atoms. The van der Waals surface area contributed by atoms with Crippen LogP contribution in [0, 0.1) is 11.7 Å². The maximum Gasteiger partial charge on any atom is 0.125 e. The summed E-state index contributed by atoms with van der Waals surface area (Å²) in [5, 5.41) is 3.96. The Labute approximate surface area is 107 Å². The van der Waals surface area contributed by atoms with Crippen molar-refractivity contribution in [3.63, 3.8) is 0 Å². The number of anilines is 1. The van der Waals surface area contributed by atoms with E-state index in [2.05, 4.69) is 12.2 Å². The number of halogens is 2. The van der Waals surface area contributed by atoms with E-state index in [1.165, 1.54) is 31.4 Å². The van der Waals surface area contributed by atoms with Crippen molar-refractivity contribution in [3.05, 3.63) is 29.0 Å². The lowest BCUT2D eigenvalue weighted by Crippen LogP contribution is -2.26. The molecule has 0 atom stereocenters. The largest absolute Gasteiger partial charge is 0.381 e. The quantitative estimate of drug-likeness (QED) is 0.813. The second-order valence-electron chi connectivity index (χ2n) is 4.89. The number of rotatable bonds is 3. The van der Waals surface area contributed by atoms with Crippen molar-refractivity contribution in [2.75, 3.05) is 5.32 Å². The van der Waals surface area contributed by atoms with E-state index in [-0.39, 0.29) is 5.82 Å². The molecule has 0 saturated heterocycles. The molecule has 0 amide bonds. The molecular formula is C14H19ClFN. The van der Waals surface area contributed by atoms with Crippen LogP contribution in [-0.2, 0) is 0 Å². The predicted octanol–water partition coefficient (Wildman–Crippen LogP) is 4.86. The smallest absolute Gasteiger partial charge is 0.125 e. The van der Waals surface area contributed by atoms with E-state index in [1.54, 1.807) is 6.07 Å². The van der Waals surface area contributed by atoms with Gasteiger partial charge in [-0.15, -0.1) is 0 Å². The fourth-order valence-corrected chi connectivity index (χ4v) is 2.72. The molecule has 1 aliphatic rings. The van der Waals surface area contributed by atoms with Gasteiger partial charge in [0.1, 0.15) is 5.82 Å². The highest BCUT2D eigenvalue weighted by molar-refractivity contribution is 6.33. The molecule has 3 heteroatoms. The van der Waals surface area contributed by atoms with Gasteiger partial charge in [-0.1, -0.05) is 24.9 Å². The van der Waals surface area contributed by atoms with Crippen LogP contribution < -0.4 is 5.32 Å². The average Bonchev–Trinajstić information content (AvgIpc) is 2.35. The van der Waals surface area contributed by atoms with Crippen molar-refractivity contribution in [1.82, 2.24) is 0 Å². The molecule has 0 spiro atoms. The number of nitrogens with one attached hydrogen (secondary N) is 1. The first-order chi connectivity index (χ1) is 8.19. The highest BCUT2D eigenvalue weighted by Gasteiger charge is 2.20. The van der Waals surface area contributed by atoms with Crippen LogP contribution in [0.5, 0.6) is 0 Å². The van der Waals surface area contributed by atoms with Gasteiger partial charge in [0.2, 0.25) is 0 Å². The van der Waals surface area contributed by atoms with E-state index in [0.29, 0.717) is 11.1 Å². The monoisotopic (exact) mass is 255 g/mol. The van der Waals surface area contributed by atoms with Gasteiger partial charge < -0.3 is 5.32 Å². The van der Waals surface area contributed by atoms with Gasteiger partial charge >= 0.3 is 0 Å². The fraction of sp³-hybridized carbons (Fsp3) is 0.571. The molecule has 1 saturated carbocycles. The Morgan fingerprint density at radius 2 is 2.00 bits per heavy atom. The topological polar surface area (TPSA) is 12.0 Å². The van der Waals surface area contributed by atoms with E-state index in [0.717, 1.165) is 24.4 Å². The highest BCUT2D eigenvalue weighted by Crippen LogP contribution is 2.30. The van der Waals surface area contributed by atoms with Crippen molar-refractivity contribution in [2.45, 2.75) is 45.1 Å². The van der Waals surface area contributed by atoms with Crippen LogP contribution in [0.4, 0.5) is 10.1 Å². The average molecular weight is 256 g/mol. The molecule has 1 fully saturated rings. The lowest BCUT2D eigenvalue weighted by molar-refractivity contribution is 0.330. The molecule has 94 valence electrons. The zero-order chi connectivity index (χ0) is 12.3. The molecule has 1 nitrogen and oxygen atoms in total. The summed E-state index contributed by atoms with van der Waals surface area (Å²) in [6.45, 7) is 2.25. The Kier molecular flexibility index (Phi) is 4.27. The molecule has 2 rings (SSSR count). The number of benzene rings is 1. The van der Waals surface area contributed by atoms with Crippen LogP contribution in [0.2, 0.25) is 5.02 Å². The lowest BCUT2D eigenvalue weighted by atomic mass is 9.84. The molecule has 1 aliphatic carbocycles. The lowest BCUT2D eigenvalue weighted by Gasteiger charge is -2.29. The molecule has 0 radical (unpaired) electrons. The minimum absolute atomic E-state index is 0.237. The van der Waals surface area contributed by atoms with Crippen LogP contribution in [0.25, 0.3) is 0 Å². The van der Waals surface area contributed by atoms with E-state index in [9.17, 15) is 4.39 Å². The summed E-state index contributed by atoms with van der Waals surface area (Å²) in [6.07, 6.45) is 6.12. The summed E-state index contributed by atoms with van der Waals surface area (Å²) >= 11 is 6.04. The van der Waals surface area contributed by atoms with Crippen LogP contribution >= 0.6 is 11.6 Å². The standard InChI is InChI=1S/C14H19ClFN/c1-2-10-3-6-12(7-4-10)17-14-9-11(16)5-8-13(14)15/h5,8-10,12,17H,2-4,6-7H2,1H3. The number of hydrogen-bond acceptors (Lipinski definition) is 1. The third-order valence-corrected chi connectivity index (χ3v) is 4.04. The van der Waals surface area contributed by atoms with Gasteiger partial charge in [-0.3, -0.25) is 0 Å². The van der Waals surface area contributed by atoms with Gasteiger partial charge in [-0.05, 0) is 49.8 Å². The SMILES string of the molecule is CCC1CCC(Nc2cc(F)ccc2Cl)CC1. The third-order valence-electron chi connectivity index (χ3n) is 3.71. The Morgan fingerprint density at radius 3 is 2.65 bits per heavy atom. The maximum absolute atomic E-state index is 13.1. The normalized spacial score (nSPS) is 24.6. The van der Waals surface area contributed by atoms with Crippen LogP contribution in [0.15, 0.2) is 18.2 Å². The second kappa shape index (κ2) is 5.72. The summed E-state index contributed by atoms with van der Waals surface area (Å²) in [7, 11) is 0. The van der Waals surface area contributed by atoms with Gasteiger partial charge in [-0.25, -0.2) is 4.39 Å². The zero-order valence-electron chi connectivity index (χ0n) is 10.2. The maximum atomic E-state index is 13.1. The number of hydrogen-bond donors (Lipinski definition) is 1. The Balaban J connectivity index is 1.95. The van der Waals surface area contributed by atoms with Gasteiger partial charge in [0.25, 0.3) is 0 Å².